The summed E-state index contributed by atoms with van der Waals surface area (Å²) in [6, 6.07) is 13.6. The average Bonchev–Trinajstić information content (AvgIpc) is 2.98. The Morgan fingerprint density at radius 2 is 1.88 bits per heavy atom. The zero-order valence-corrected chi connectivity index (χ0v) is 13.4. The molecule has 2 aromatic carbocycles. The molecule has 1 aliphatic heterocycles. The fourth-order valence-corrected chi connectivity index (χ4v) is 2.95. The molecule has 4 rings (SSSR count). The maximum atomic E-state index is 5.96. The third kappa shape index (κ3) is 2.13. The van der Waals surface area contributed by atoms with Gasteiger partial charge in [-0.25, -0.2) is 9.98 Å². The van der Waals surface area contributed by atoms with Gasteiger partial charge in [-0.2, -0.15) is 0 Å². The maximum absolute atomic E-state index is 5.96. The number of methoxy groups -OCH3 is 2. The zero-order valence-electron chi connectivity index (χ0n) is 13.4. The monoisotopic (exact) mass is 323 g/mol. The van der Waals surface area contributed by atoms with E-state index in [1.807, 2.05) is 47.0 Å². The Kier molecular flexibility index (Phi) is 3.26. The molecule has 0 spiro atoms. The molecule has 0 radical (unpaired) electrons. The summed E-state index contributed by atoms with van der Waals surface area (Å²) in [7, 11) is 3.22. The van der Waals surface area contributed by atoms with E-state index in [9.17, 15) is 0 Å². The first-order chi connectivity index (χ1) is 11.7. The van der Waals surface area contributed by atoms with Crippen LogP contribution in [0.1, 0.15) is 11.7 Å². The topological polar surface area (TPSA) is 86.7 Å². The lowest BCUT2D eigenvalue weighted by Gasteiger charge is -2.24. The van der Waals surface area contributed by atoms with E-state index in [-0.39, 0.29) is 6.17 Å². The van der Waals surface area contributed by atoms with Crippen LogP contribution in [-0.4, -0.2) is 29.7 Å². The highest BCUT2D eigenvalue weighted by Crippen LogP contribution is 2.36. The molecule has 3 N–H and O–H groups in total. The van der Waals surface area contributed by atoms with Gasteiger partial charge in [0.1, 0.15) is 0 Å². The molecule has 1 atom stereocenters. The number of aliphatic imine (C=N–C) groups is 1. The van der Waals surface area contributed by atoms with Gasteiger partial charge in [0, 0.05) is 5.56 Å². The van der Waals surface area contributed by atoms with Gasteiger partial charge in [-0.1, -0.05) is 18.2 Å². The van der Waals surface area contributed by atoms with Crippen LogP contribution in [0.15, 0.2) is 47.5 Å². The molecule has 24 heavy (non-hydrogen) atoms. The average molecular weight is 323 g/mol. The highest BCUT2D eigenvalue weighted by molar-refractivity contribution is 5.94. The molecule has 7 nitrogen and oxygen atoms in total. The molecule has 0 saturated heterocycles. The Morgan fingerprint density at radius 1 is 1.08 bits per heavy atom. The lowest BCUT2D eigenvalue weighted by atomic mass is 10.1. The first-order valence-electron chi connectivity index (χ1n) is 7.50. The van der Waals surface area contributed by atoms with E-state index in [4.69, 9.17) is 15.2 Å². The molecule has 2 heterocycles. The minimum Gasteiger partial charge on any atom is -0.493 e. The van der Waals surface area contributed by atoms with E-state index in [0.717, 1.165) is 16.6 Å². The van der Waals surface area contributed by atoms with Crippen molar-refractivity contribution in [3.05, 3.63) is 48.0 Å². The number of guanidine groups is 1. The molecule has 0 fully saturated rings. The van der Waals surface area contributed by atoms with Crippen molar-refractivity contribution >= 4 is 22.9 Å². The normalized spacial score (nSPS) is 16.2. The Balaban J connectivity index is 1.91. The van der Waals surface area contributed by atoms with Crippen molar-refractivity contribution in [2.45, 2.75) is 6.17 Å². The van der Waals surface area contributed by atoms with Crippen molar-refractivity contribution < 1.29 is 9.47 Å². The van der Waals surface area contributed by atoms with Gasteiger partial charge >= 0.3 is 0 Å². The molecule has 0 bridgehead atoms. The number of imidazole rings is 1. The molecular formula is C17H17N5O2. The van der Waals surface area contributed by atoms with Gasteiger partial charge < -0.3 is 15.2 Å². The molecule has 1 aliphatic rings. The van der Waals surface area contributed by atoms with Crippen LogP contribution >= 0.6 is 0 Å². The number of para-hydroxylation sites is 2. The van der Waals surface area contributed by atoms with Crippen LogP contribution in [0.2, 0.25) is 0 Å². The number of aromatic nitrogens is 2. The molecule has 1 unspecified atom stereocenters. The second-order valence-electron chi connectivity index (χ2n) is 5.42. The van der Waals surface area contributed by atoms with Crippen molar-refractivity contribution in [3.63, 3.8) is 0 Å². The smallest absolute Gasteiger partial charge is 0.212 e. The van der Waals surface area contributed by atoms with Crippen molar-refractivity contribution in [1.82, 2.24) is 9.55 Å². The van der Waals surface area contributed by atoms with Crippen LogP contribution in [0.3, 0.4) is 0 Å². The predicted octanol–water partition coefficient (Wildman–Crippen LogP) is 2.34. The number of fused-ring (bicyclic) bond motifs is 3. The first kappa shape index (κ1) is 14.4. The summed E-state index contributed by atoms with van der Waals surface area (Å²) in [4.78, 5) is 9.15. The van der Waals surface area contributed by atoms with Crippen LogP contribution < -0.4 is 20.5 Å². The first-order valence-corrected chi connectivity index (χ1v) is 7.50. The number of anilines is 1. The van der Waals surface area contributed by atoms with Crippen LogP contribution in [0.25, 0.3) is 11.0 Å². The molecule has 122 valence electrons. The van der Waals surface area contributed by atoms with Crippen molar-refractivity contribution in [2.75, 3.05) is 19.5 Å². The summed E-state index contributed by atoms with van der Waals surface area (Å²) in [6.07, 6.45) is -0.326. The molecule has 0 saturated carbocycles. The zero-order chi connectivity index (χ0) is 16.7. The molecule has 1 aromatic heterocycles. The van der Waals surface area contributed by atoms with Crippen molar-refractivity contribution in [2.24, 2.45) is 10.7 Å². The summed E-state index contributed by atoms with van der Waals surface area (Å²) < 4.78 is 12.7. The van der Waals surface area contributed by atoms with E-state index >= 15 is 0 Å². The van der Waals surface area contributed by atoms with Gasteiger partial charge in [-0.15, -0.1) is 0 Å². The second-order valence-corrected chi connectivity index (χ2v) is 5.42. The SMILES string of the molecule is COc1ccc(C2N=C(N)Nc3nc4ccccc4n32)cc1OC. The van der Waals surface area contributed by atoms with Crippen LogP contribution in [0.5, 0.6) is 11.5 Å². The number of hydrogen-bond acceptors (Lipinski definition) is 6. The van der Waals surface area contributed by atoms with Crippen LogP contribution in [0, 0.1) is 0 Å². The lowest BCUT2D eigenvalue weighted by molar-refractivity contribution is 0.354. The summed E-state index contributed by atoms with van der Waals surface area (Å²) >= 11 is 0. The second kappa shape index (κ2) is 5.45. The fraction of sp³-hybridized carbons (Fsp3) is 0.176. The minimum atomic E-state index is -0.326. The highest BCUT2D eigenvalue weighted by atomic mass is 16.5. The number of benzene rings is 2. The van der Waals surface area contributed by atoms with Crippen molar-refractivity contribution in [1.29, 1.82) is 0 Å². The fourth-order valence-electron chi connectivity index (χ4n) is 2.95. The minimum absolute atomic E-state index is 0.326. The Hall–Kier alpha value is -3.22. The van der Waals surface area contributed by atoms with E-state index in [2.05, 4.69) is 15.3 Å². The quantitative estimate of drug-likeness (QED) is 0.772. The molecular weight excluding hydrogens is 306 g/mol. The standard InChI is InChI=1S/C17H17N5O2/c1-23-13-8-7-10(9-14(13)24-2)15-20-16(18)21-17-19-11-5-3-4-6-12(11)22(15)17/h3-9,15H,1-2H3,(H3,18,19,20,21). The highest BCUT2D eigenvalue weighted by Gasteiger charge is 2.25. The number of nitrogens with one attached hydrogen (secondary N) is 1. The van der Waals surface area contributed by atoms with E-state index < -0.39 is 0 Å². The number of hydrogen-bond donors (Lipinski definition) is 2. The predicted molar refractivity (Wildman–Crippen MR) is 92.7 cm³/mol. The Morgan fingerprint density at radius 3 is 2.67 bits per heavy atom. The van der Waals surface area contributed by atoms with Gasteiger partial charge in [0.25, 0.3) is 0 Å². The van der Waals surface area contributed by atoms with E-state index in [1.54, 1.807) is 14.2 Å². The maximum Gasteiger partial charge on any atom is 0.212 e. The van der Waals surface area contributed by atoms with Crippen LogP contribution in [0.4, 0.5) is 5.95 Å². The molecule has 7 heteroatoms. The Bertz CT molecular complexity index is 947. The molecule has 0 amide bonds. The summed E-state index contributed by atoms with van der Waals surface area (Å²) in [6.45, 7) is 0. The summed E-state index contributed by atoms with van der Waals surface area (Å²) in [5.74, 6) is 2.32. The largest absolute Gasteiger partial charge is 0.493 e. The van der Waals surface area contributed by atoms with Gasteiger partial charge in [-0.3, -0.25) is 9.88 Å². The molecule has 0 aliphatic carbocycles. The number of nitrogens with two attached hydrogens (primary N) is 1. The van der Waals surface area contributed by atoms with Gasteiger partial charge in [-0.05, 0) is 24.3 Å². The number of rotatable bonds is 3. The van der Waals surface area contributed by atoms with Crippen LogP contribution in [-0.2, 0) is 0 Å². The van der Waals surface area contributed by atoms with Crippen molar-refractivity contribution in [3.8, 4) is 11.5 Å². The van der Waals surface area contributed by atoms with Gasteiger partial charge in [0.05, 0.1) is 25.3 Å². The third-order valence-electron chi connectivity index (χ3n) is 4.05. The third-order valence-corrected chi connectivity index (χ3v) is 4.05. The number of nitrogens with zero attached hydrogens (tertiary/aromatic N) is 3. The van der Waals surface area contributed by atoms with Gasteiger partial charge in [0.2, 0.25) is 5.95 Å². The lowest BCUT2D eigenvalue weighted by Crippen LogP contribution is -2.31. The Labute approximate surface area is 138 Å². The van der Waals surface area contributed by atoms with E-state index in [1.165, 1.54) is 0 Å². The summed E-state index contributed by atoms with van der Waals surface area (Å²) in [5, 5.41) is 3.02. The van der Waals surface area contributed by atoms with E-state index in [0.29, 0.717) is 23.4 Å². The molecule has 3 aromatic rings. The van der Waals surface area contributed by atoms with Gasteiger partial charge in [0.15, 0.2) is 23.6 Å². The summed E-state index contributed by atoms with van der Waals surface area (Å²) in [5.41, 5.74) is 8.75. The number of ether oxygens (including phenoxy) is 2.